The van der Waals surface area contributed by atoms with E-state index in [0.29, 0.717) is 33.8 Å². The number of amides is 1. The summed E-state index contributed by atoms with van der Waals surface area (Å²) in [5.41, 5.74) is 4.46. The van der Waals surface area contributed by atoms with E-state index in [9.17, 15) is 9.59 Å². The third-order valence-electron chi connectivity index (χ3n) is 6.70. The van der Waals surface area contributed by atoms with Gasteiger partial charge in [-0.15, -0.1) is 0 Å². The average Bonchev–Trinajstić information content (AvgIpc) is 3.38. The van der Waals surface area contributed by atoms with Gasteiger partial charge in [-0.3, -0.25) is 9.59 Å². The van der Waals surface area contributed by atoms with Gasteiger partial charge in [0.2, 0.25) is 0 Å². The lowest BCUT2D eigenvalue weighted by molar-refractivity contribution is 0.0711. The number of aromatic nitrogens is 1. The first kappa shape index (κ1) is 24.3. The molecule has 0 saturated heterocycles. The van der Waals surface area contributed by atoms with Crippen molar-refractivity contribution in [2.24, 2.45) is 5.10 Å². The minimum absolute atomic E-state index is 0.230. The number of hydrogen-bond donors (Lipinski definition) is 1. The Morgan fingerprint density at radius 3 is 2.37 bits per heavy atom. The fraction of sp³-hybridized carbons (Fsp3) is 0.0645. The van der Waals surface area contributed by atoms with Crippen molar-refractivity contribution in [3.63, 3.8) is 0 Å². The Morgan fingerprint density at radius 1 is 0.895 bits per heavy atom. The van der Waals surface area contributed by atoms with Crippen LogP contribution < -0.4 is 5.56 Å². The first-order valence-corrected chi connectivity index (χ1v) is 13.3. The van der Waals surface area contributed by atoms with Gasteiger partial charge in [0.1, 0.15) is 0 Å². The molecule has 7 heteroatoms. The predicted molar refractivity (Wildman–Crippen MR) is 156 cm³/mol. The second kappa shape index (κ2) is 10.0. The number of carbonyl (C=O) groups excluding carboxylic acids is 1. The Morgan fingerprint density at radius 2 is 1.63 bits per heavy atom. The molecule has 1 aliphatic heterocycles. The third kappa shape index (κ3) is 4.46. The van der Waals surface area contributed by atoms with Gasteiger partial charge in [0, 0.05) is 37.9 Å². The monoisotopic (exact) mass is 581 g/mol. The number of hydrazone groups is 1. The minimum Gasteiger partial charge on any atom is -0.321 e. The Balaban J connectivity index is 1.58. The number of hydrogen-bond acceptors (Lipinski definition) is 3. The number of fused-ring (bicyclic) bond motifs is 1. The molecule has 38 heavy (non-hydrogen) atoms. The highest BCUT2D eigenvalue weighted by molar-refractivity contribution is 9.10. The van der Waals surface area contributed by atoms with Crippen LogP contribution in [0.5, 0.6) is 0 Å². The van der Waals surface area contributed by atoms with E-state index in [0.717, 1.165) is 26.5 Å². The fourth-order valence-electron chi connectivity index (χ4n) is 4.98. The van der Waals surface area contributed by atoms with Crippen LogP contribution in [0.1, 0.15) is 33.9 Å². The van der Waals surface area contributed by atoms with Gasteiger partial charge >= 0.3 is 0 Å². The van der Waals surface area contributed by atoms with Crippen LogP contribution in [0.25, 0.3) is 22.0 Å². The van der Waals surface area contributed by atoms with Crippen LogP contribution in [0.3, 0.4) is 0 Å². The predicted octanol–water partition coefficient (Wildman–Crippen LogP) is 7.60. The zero-order valence-corrected chi connectivity index (χ0v) is 22.4. The molecule has 0 fully saturated rings. The normalized spacial score (nSPS) is 15.1. The summed E-state index contributed by atoms with van der Waals surface area (Å²) in [5, 5.41) is 7.71. The number of nitrogens with one attached hydrogen (secondary N) is 1. The van der Waals surface area contributed by atoms with Crippen molar-refractivity contribution >= 4 is 50.1 Å². The molecule has 0 saturated carbocycles. The Bertz CT molecular complexity index is 1770. The van der Waals surface area contributed by atoms with E-state index in [1.54, 1.807) is 24.3 Å². The molecule has 0 radical (unpaired) electrons. The molecule has 1 aliphatic rings. The van der Waals surface area contributed by atoms with Crippen LogP contribution in [-0.4, -0.2) is 21.6 Å². The number of nitrogens with zero attached hydrogens (tertiary/aromatic N) is 2. The first-order valence-electron chi connectivity index (χ1n) is 12.1. The topological polar surface area (TPSA) is 65.5 Å². The second-order valence-corrected chi connectivity index (χ2v) is 10.4. The van der Waals surface area contributed by atoms with E-state index in [1.807, 2.05) is 78.9 Å². The van der Waals surface area contributed by atoms with Gasteiger partial charge in [-0.25, -0.2) is 5.01 Å². The van der Waals surface area contributed by atoms with Gasteiger partial charge in [-0.2, -0.15) is 5.10 Å². The van der Waals surface area contributed by atoms with E-state index in [4.69, 9.17) is 16.7 Å². The molecular formula is C31H21BrClN3O2. The molecular weight excluding hydrogens is 562 g/mol. The average molecular weight is 583 g/mol. The zero-order chi connectivity index (χ0) is 26.2. The quantitative estimate of drug-likeness (QED) is 0.237. The highest BCUT2D eigenvalue weighted by atomic mass is 79.9. The summed E-state index contributed by atoms with van der Waals surface area (Å²) in [5.74, 6) is -0.230. The molecule has 1 atom stereocenters. The molecule has 4 aromatic carbocycles. The van der Waals surface area contributed by atoms with Crippen molar-refractivity contribution < 1.29 is 4.79 Å². The van der Waals surface area contributed by atoms with Crippen LogP contribution in [0, 0.1) is 0 Å². The number of halogens is 2. The van der Waals surface area contributed by atoms with E-state index >= 15 is 0 Å². The SMILES string of the molecule is O=C(c1ccccc1)N1N=C(c2c(-c3ccccc3)c3cc(Cl)ccc3[nH]c2=O)CC1c1cccc(Br)c1. The summed E-state index contributed by atoms with van der Waals surface area (Å²) >= 11 is 9.95. The van der Waals surface area contributed by atoms with Crippen LogP contribution in [0.2, 0.25) is 5.02 Å². The highest BCUT2D eigenvalue weighted by Gasteiger charge is 2.36. The number of rotatable bonds is 4. The maximum atomic E-state index is 13.7. The molecule has 1 amide bonds. The second-order valence-electron chi connectivity index (χ2n) is 9.10. The van der Waals surface area contributed by atoms with Crippen LogP contribution in [-0.2, 0) is 0 Å². The number of aromatic amines is 1. The number of carbonyl (C=O) groups is 1. The fourth-order valence-corrected chi connectivity index (χ4v) is 5.57. The van der Waals surface area contributed by atoms with Gasteiger partial charge < -0.3 is 4.98 Å². The largest absolute Gasteiger partial charge is 0.321 e. The molecule has 0 bridgehead atoms. The van der Waals surface area contributed by atoms with Gasteiger partial charge in [0.25, 0.3) is 11.5 Å². The molecule has 186 valence electrons. The Labute approximate surface area is 232 Å². The number of benzene rings is 4. The van der Waals surface area contributed by atoms with Gasteiger partial charge in [-0.1, -0.05) is 88.2 Å². The van der Waals surface area contributed by atoms with Crippen molar-refractivity contribution in [2.45, 2.75) is 12.5 Å². The highest BCUT2D eigenvalue weighted by Crippen LogP contribution is 2.38. The standard InChI is InChI=1S/C31H21BrClN3O2/c32-22-13-7-12-21(16-22)27-18-26(35-36(27)31(38)20-10-5-2-6-11-20)29-28(19-8-3-1-4-9-19)24-17-23(33)14-15-25(24)34-30(29)37/h1-17,27H,18H2,(H,34,37). The number of pyridine rings is 1. The summed E-state index contributed by atoms with van der Waals surface area (Å²) in [7, 11) is 0. The number of H-pyrrole nitrogens is 1. The van der Waals surface area contributed by atoms with Crippen LogP contribution in [0.4, 0.5) is 0 Å². The van der Waals surface area contributed by atoms with Crippen molar-refractivity contribution in [3.05, 3.63) is 140 Å². The molecule has 0 aliphatic carbocycles. The van der Waals surface area contributed by atoms with E-state index in [-0.39, 0.29) is 17.5 Å². The maximum Gasteiger partial charge on any atom is 0.274 e. The Kier molecular flexibility index (Phi) is 6.44. The summed E-state index contributed by atoms with van der Waals surface area (Å²) in [4.78, 5) is 30.4. The molecule has 2 heterocycles. The first-order chi connectivity index (χ1) is 18.5. The summed E-state index contributed by atoms with van der Waals surface area (Å²) in [6, 6.07) is 31.7. The van der Waals surface area contributed by atoms with E-state index in [1.165, 1.54) is 5.01 Å². The van der Waals surface area contributed by atoms with Crippen LogP contribution in [0.15, 0.2) is 117 Å². The zero-order valence-electron chi connectivity index (χ0n) is 20.1. The molecule has 5 nitrogen and oxygen atoms in total. The van der Waals surface area contributed by atoms with E-state index < -0.39 is 0 Å². The lowest BCUT2D eigenvalue weighted by Gasteiger charge is -2.22. The molecule has 1 aromatic heterocycles. The van der Waals surface area contributed by atoms with Crippen molar-refractivity contribution in [1.82, 2.24) is 9.99 Å². The van der Waals surface area contributed by atoms with Gasteiger partial charge in [-0.05, 0) is 53.6 Å². The van der Waals surface area contributed by atoms with Gasteiger partial charge in [0.15, 0.2) is 0 Å². The molecule has 1 unspecified atom stereocenters. The van der Waals surface area contributed by atoms with Gasteiger partial charge in [0.05, 0.1) is 17.3 Å². The third-order valence-corrected chi connectivity index (χ3v) is 7.43. The van der Waals surface area contributed by atoms with Crippen molar-refractivity contribution in [2.75, 3.05) is 0 Å². The molecule has 6 rings (SSSR count). The summed E-state index contributed by atoms with van der Waals surface area (Å²) in [6.07, 6.45) is 0.379. The Hall–Kier alpha value is -4.00. The molecule has 5 aromatic rings. The molecule has 1 N–H and O–H groups in total. The van der Waals surface area contributed by atoms with Crippen LogP contribution >= 0.6 is 27.5 Å². The smallest absolute Gasteiger partial charge is 0.274 e. The van der Waals surface area contributed by atoms with Crippen molar-refractivity contribution in [1.29, 1.82) is 0 Å². The van der Waals surface area contributed by atoms with Crippen molar-refractivity contribution in [3.8, 4) is 11.1 Å². The van der Waals surface area contributed by atoms with E-state index in [2.05, 4.69) is 20.9 Å². The summed E-state index contributed by atoms with van der Waals surface area (Å²) < 4.78 is 0.902. The lowest BCUT2D eigenvalue weighted by Crippen LogP contribution is -2.27. The minimum atomic E-state index is -0.381. The molecule has 0 spiro atoms. The maximum absolute atomic E-state index is 13.7. The summed E-state index contributed by atoms with van der Waals surface area (Å²) in [6.45, 7) is 0. The lowest BCUT2D eigenvalue weighted by atomic mass is 9.91.